The molecular weight excluding hydrogens is 356 g/mol. The number of ether oxygens (including phenoxy) is 2. The number of aryl methyl sites for hydroxylation is 2. The molecule has 0 saturated heterocycles. The summed E-state index contributed by atoms with van der Waals surface area (Å²) in [5.74, 6) is 3.40. The van der Waals surface area contributed by atoms with Crippen molar-refractivity contribution in [3.63, 3.8) is 0 Å². The molecule has 0 saturated carbocycles. The van der Waals surface area contributed by atoms with Crippen molar-refractivity contribution in [3.05, 3.63) is 40.1 Å². The number of fused-ring (bicyclic) bond motifs is 1. The Morgan fingerprint density at radius 3 is 2.77 bits per heavy atom. The molecule has 0 radical (unpaired) electrons. The summed E-state index contributed by atoms with van der Waals surface area (Å²) >= 11 is 6.28. The second-order valence-electron chi connectivity index (χ2n) is 5.90. The second-order valence-corrected chi connectivity index (χ2v) is 6.31. The third kappa shape index (κ3) is 4.40. The van der Waals surface area contributed by atoms with E-state index in [9.17, 15) is 0 Å². The van der Waals surface area contributed by atoms with E-state index in [1.165, 1.54) is 0 Å². The van der Waals surface area contributed by atoms with Gasteiger partial charge in [0.05, 0.1) is 23.8 Å². The second kappa shape index (κ2) is 8.31. The molecule has 8 heteroatoms. The average molecular weight is 379 g/mol. The van der Waals surface area contributed by atoms with Gasteiger partial charge in [-0.15, -0.1) is 0 Å². The summed E-state index contributed by atoms with van der Waals surface area (Å²) in [5, 5.41) is 6.96. The van der Waals surface area contributed by atoms with Crippen molar-refractivity contribution in [1.29, 1.82) is 0 Å². The van der Waals surface area contributed by atoms with Crippen molar-refractivity contribution in [2.24, 2.45) is 4.99 Å². The maximum Gasteiger partial charge on any atom is 0.214 e. The van der Waals surface area contributed by atoms with Crippen LogP contribution >= 0.6 is 11.6 Å². The van der Waals surface area contributed by atoms with E-state index >= 15 is 0 Å². The lowest BCUT2D eigenvalue weighted by atomic mass is 10.2. The summed E-state index contributed by atoms with van der Waals surface area (Å²) in [6.07, 6.45) is 0. The molecule has 1 aromatic carbocycles. The van der Waals surface area contributed by atoms with Crippen LogP contribution in [0.2, 0.25) is 5.02 Å². The van der Waals surface area contributed by atoms with Crippen molar-refractivity contribution in [2.75, 3.05) is 19.8 Å². The smallest absolute Gasteiger partial charge is 0.214 e. The van der Waals surface area contributed by atoms with Gasteiger partial charge in [-0.1, -0.05) is 11.6 Å². The van der Waals surface area contributed by atoms with Gasteiger partial charge >= 0.3 is 0 Å². The molecule has 140 valence electrons. The van der Waals surface area contributed by atoms with E-state index in [1.54, 1.807) is 0 Å². The SMILES string of the molecule is CCNC(=NCc1cc(Cl)c2c(c1)OCCO2)NCc1nc(C)c(C)o1. The average Bonchev–Trinajstić information content (AvgIpc) is 2.95. The highest BCUT2D eigenvalue weighted by Crippen LogP contribution is 2.38. The Kier molecular flexibility index (Phi) is 5.88. The first-order valence-electron chi connectivity index (χ1n) is 8.60. The molecule has 1 aromatic heterocycles. The molecule has 26 heavy (non-hydrogen) atoms. The lowest BCUT2D eigenvalue weighted by Crippen LogP contribution is -2.36. The van der Waals surface area contributed by atoms with Crippen LogP contribution in [0.15, 0.2) is 21.5 Å². The van der Waals surface area contributed by atoms with Crippen LogP contribution in [0.4, 0.5) is 0 Å². The molecule has 1 aliphatic heterocycles. The van der Waals surface area contributed by atoms with Gasteiger partial charge in [-0.3, -0.25) is 0 Å². The van der Waals surface area contributed by atoms with Crippen LogP contribution in [0.3, 0.4) is 0 Å². The van der Waals surface area contributed by atoms with Crippen molar-refractivity contribution >= 4 is 17.6 Å². The minimum absolute atomic E-state index is 0.454. The Hall–Kier alpha value is -2.41. The molecule has 3 rings (SSSR count). The van der Waals surface area contributed by atoms with Crippen molar-refractivity contribution in [3.8, 4) is 11.5 Å². The number of hydrogen-bond acceptors (Lipinski definition) is 5. The van der Waals surface area contributed by atoms with Crippen LogP contribution in [0.5, 0.6) is 11.5 Å². The number of benzene rings is 1. The molecule has 0 bridgehead atoms. The van der Waals surface area contributed by atoms with Gasteiger partial charge in [0.15, 0.2) is 17.5 Å². The zero-order chi connectivity index (χ0) is 18.5. The Morgan fingerprint density at radius 2 is 2.04 bits per heavy atom. The Bertz CT molecular complexity index is 784. The molecule has 2 aromatic rings. The van der Waals surface area contributed by atoms with Gasteiger partial charge in [0.2, 0.25) is 5.89 Å². The molecule has 0 aliphatic carbocycles. The third-order valence-corrected chi connectivity index (χ3v) is 4.18. The molecule has 0 atom stereocenters. The lowest BCUT2D eigenvalue weighted by Gasteiger charge is -2.20. The number of aliphatic imine (C=N–C) groups is 1. The molecule has 0 unspecified atom stereocenters. The van der Waals surface area contributed by atoms with Crippen LogP contribution in [0, 0.1) is 13.8 Å². The van der Waals surface area contributed by atoms with Crippen molar-refractivity contribution in [1.82, 2.24) is 15.6 Å². The van der Waals surface area contributed by atoms with Gasteiger partial charge in [0, 0.05) is 6.54 Å². The van der Waals surface area contributed by atoms with E-state index in [2.05, 4.69) is 20.6 Å². The molecule has 2 N–H and O–H groups in total. The fraction of sp³-hybridized carbons (Fsp3) is 0.444. The van der Waals surface area contributed by atoms with Crippen molar-refractivity contribution < 1.29 is 13.9 Å². The summed E-state index contributed by atoms with van der Waals surface area (Å²) < 4.78 is 16.7. The summed E-state index contributed by atoms with van der Waals surface area (Å²) in [7, 11) is 0. The summed E-state index contributed by atoms with van der Waals surface area (Å²) in [6.45, 7) is 8.53. The highest BCUT2D eigenvalue weighted by molar-refractivity contribution is 6.32. The summed E-state index contributed by atoms with van der Waals surface area (Å²) in [5.41, 5.74) is 1.84. The molecule has 0 spiro atoms. The predicted octanol–water partition coefficient (Wildman–Crippen LogP) is 2.97. The maximum atomic E-state index is 6.28. The van der Waals surface area contributed by atoms with E-state index < -0.39 is 0 Å². The number of hydrogen-bond donors (Lipinski definition) is 2. The normalized spacial score (nSPS) is 13.6. The fourth-order valence-electron chi connectivity index (χ4n) is 2.54. The van der Waals surface area contributed by atoms with Crippen LogP contribution in [0.25, 0.3) is 0 Å². The number of oxazole rings is 1. The van der Waals surface area contributed by atoms with Gasteiger partial charge in [-0.2, -0.15) is 0 Å². The number of nitrogens with one attached hydrogen (secondary N) is 2. The quantitative estimate of drug-likeness (QED) is 0.615. The lowest BCUT2D eigenvalue weighted by molar-refractivity contribution is 0.171. The predicted molar refractivity (Wildman–Crippen MR) is 100 cm³/mol. The first-order valence-corrected chi connectivity index (χ1v) is 8.97. The Balaban J connectivity index is 1.68. The molecular formula is C18H23ClN4O3. The molecule has 1 aliphatic rings. The standard InChI is InChI=1S/C18H23ClN4O3/c1-4-20-18(22-10-16-23-11(2)12(3)26-16)21-9-13-7-14(19)17-15(8-13)24-5-6-25-17/h7-8H,4-6,9-10H2,1-3H3,(H2,20,21,22). The maximum absolute atomic E-state index is 6.28. The topological polar surface area (TPSA) is 80.9 Å². The number of aromatic nitrogens is 1. The van der Waals surface area contributed by atoms with E-state index in [-0.39, 0.29) is 0 Å². The van der Waals surface area contributed by atoms with Crippen LogP contribution in [-0.4, -0.2) is 30.7 Å². The first kappa shape index (κ1) is 18.4. The number of guanidine groups is 1. The number of rotatable bonds is 5. The van der Waals surface area contributed by atoms with Gasteiger partial charge in [0.1, 0.15) is 19.0 Å². The zero-order valence-electron chi connectivity index (χ0n) is 15.2. The fourth-order valence-corrected chi connectivity index (χ4v) is 2.83. The van der Waals surface area contributed by atoms with Gasteiger partial charge < -0.3 is 24.5 Å². The number of nitrogens with zero attached hydrogens (tertiary/aromatic N) is 2. The van der Waals surface area contributed by atoms with Crippen LogP contribution in [0.1, 0.15) is 29.8 Å². The zero-order valence-corrected chi connectivity index (χ0v) is 15.9. The summed E-state index contributed by atoms with van der Waals surface area (Å²) in [4.78, 5) is 8.95. The number of halogens is 1. The van der Waals surface area contributed by atoms with E-state index in [0.717, 1.165) is 23.6 Å². The van der Waals surface area contributed by atoms with Gasteiger partial charge in [-0.25, -0.2) is 9.98 Å². The third-order valence-electron chi connectivity index (χ3n) is 3.90. The van der Waals surface area contributed by atoms with Gasteiger partial charge in [-0.05, 0) is 38.5 Å². The van der Waals surface area contributed by atoms with Crippen LogP contribution < -0.4 is 20.1 Å². The highest BCUT2D eigenvalue weighted by atomic mass is 35.5. The van der Waals surface area contributed by atoms with Gasteiger partial charge in [0.25, 0.3) is 0 Å². The Morgan fingerprint density at radius 1 is 1.23 bits per heavy atom. The molecule has 0 fully saturated rings. The minimum atomic E-state index is 0.454. The first-order chi connectivity index (χ1) is 12.6. The largest absolute Gasteiger partial charge is 0.486 e. The van der Waals surface area contributed by atoms with E-state index in [4.69, 9.17) is 25.5 Å². The van der Waals surface area contributed by atoms with Crippen molar-refractivity contribution in [2.45, 2.75) is 33.9 Å². The molecule has 0 amide bonds. The molecule has 2 heterocycles. The minimum Gasteiger partial charge on any atom is -0.486 e. The van der Waals surface area contributed by atoms with Crippen LogP contribution in [-0.2, 0) is 13.1 Å². The molecule has 7 nitrogen and oxygen atoms in total. The summed E-state index contributed by atoms with van der Waals surface area (Å²) in [6, 6.07) is 3.76. The monoisotopic (exact) mass is 378 g/mol. The highest BCUT2D eigenvalue weighted by Gasteiger charge is 2.16. The Labute approximate surface area is 157 Å². The van der Waals surface area contributed by atoms with E-state index in [1.807, 2.05) is 32.9 Å². The van der Waals surface area contributed by atoms with E-state index in [0.29, 0.717) is 54.7 Å².